The van der Waals surface area contributed by atoms with Crippen LogP contribution in [0.4, 0.5) is 5.82 Å². The molecular weight excluding hydrogens is 226 g/mol. The first-order chi connectivity index (χ1) is 8.26. The smallest absolute Gasteiger partial charge is 0.364 e. The van der Waals surface area contributed by atoms with Crippen molar-refractivity contribution in [3.8, 4) is 0 Å². The third-order valence-electron chi connectivity index (χ3n) is 2.32. The van der Waals surface area contributed by atoms with Gasteiger partial charge in [0.1, 0.15) is 5.82 Å². The fraction of sp³-hybridized carbons (Fsp3) is 0.444. The lowest BCUT2D eigenvalue weighted by Crippen LogP contribution is -2.31. The quantitative estimate of drug-likeness (QED) is 0.569. The number of aliphatic hydroxyl groups is 2. The van der Waals surface area contributed by atoms with E-state index in [1.54, 1.807) is 17.0 Å². The minimum absolute atomic E-state index is 0.0556. The molecule has 0 fully saturated rings. The number of fused-ring (bicyclic) bond motifs is 1. The van der Waals surface area contributed by atoms with Gasteiger partial charge in [0.15, 0.2) is 5.65 Å². The van der Waals surface area contributed by atoms with Gasteiger partial charge in [-0.15, -0.1) is 5.10 Å². The molecule has 8 heteroatoms. The zero-order chi connectivity index (χ0) is 12.3. The van der Waals surface area contributed by atoms with Gasteiger partial charge in [-0.1, -0.05) is 0 Å². The van der Waals surface area contributed by atoms with Crippen molar-refractivity contribution in [3.63, 3.8) is 0 Å². The molecule has 0 aliphatic carbocycles. The van der Waals surface area contributed by atoms with Gasteiger partial charge in [-0.2, -0.15) is 9.61 Å². The molecule has 0 atom stereocenters. The molecule has 2 rings (SSSR count). The summed E-state index contributed by atoms with van der Waals surface area (Å²) in [7, 11) is 0. The van der Waals surface area contributed by atoms with Crippen LogP contribution in [-0.4, -0.2) is 56.3 Å². The van der Waals surface area contributed by atoms with Gasteiger partial charge in [-0.25, -0.2) is 9.89 Å². The standard InChI is InChI=1S/C9H13N5O3/c15-5-3-13(4-6-16)8-2-1-7-10-11-9(17)14(7)12-8/h1-2,15-16H,3-6H2,(H,11,17). The van der Waals surface area contributed by atoms with Gasteiger partial charge in [0.25, 0.3) is 0 Å². The summed E-state index contributed by atoms with van der Waals surface area (Å²) >= 11 is 0. The van der Waals surface area contributed by atoms with Crippen LogP contribution in [0.1, 0.15) is 0 Å². The first-order valence-electron chi connectivity index (χ1n) is 5.17. The Hall–Kier alpha value is -1.93. The molecule has 2 aromatic heterocycles. The Morgan fingerprint density at radius 2 is 2.00 bits per heavy atom. The topological polar surface area (TPSA) is 107 Å². The number of hydrogen-bond acceptors (Lipinski definition) is 6. The lowest BCUT2D eigenvalue weighted by atomic mass is 10.4. The molecular formula is C9H13N5O3. The molecule has 0 aromatic carbocycles. The Morgan fingerprint density at radius 3 is 2.65 bits per heavy atom. The number of hydrogen-bond donors (Lipinski definition) is 3. The van der Waals surface area contributed by atoms with Gasteiger partial charge in [0.2, 0.25) is 0 Å². The molecule has 2 heterocycles. The van der Waals surface area contributed by atoms with Gasteiger partial charge in [0.05, 0.1) is 13.2 Å². The summed E-state index contributed by atoms with van der Waals surface area (Å²) in [6.45, 7) is 0.567. The molecule has 0 radical (unpaired) electrons. The van der Waals surface area contributed by atoms with Crippen molar-refractivity contribution < 1.29 is 10.2 Å². The third-order valence-corrected chi connectivity index (χ3v) is 2.32. The van der Waals surface area contributed by atoms with E-state index in [-0.39, 0.29) is 13.2 Å². The predicted molar refractivity (Wildman–Crippen MR) is 60.0 cm³/mol. The minimum atomic E-state index is -0.421. The van der Waals surface area contributed by atoms with Crippen LogP contribution in [0.5, 0.6) is 0 Å². The number of aliphatic hydroxyl groups excluding tert-OH is 2. The Morgan fingerprint density at radius 1 is 1.29 bits per heavy atom. The summed E-state index contributed by atoms with van der Waals surface area (Å²) < 4.78 is 1.14. The van der Waals surface area contributed by atoms with E-state index in [1.165, 1.54) is 0 Å². The number of H-pyrrole nitrogens is 1. The van der Waals surface area contributed by atoms with E-state index in [0.717, 1.165) is 4.52 Å². The first-order valence-corrected chi connectivity index (χ1v) is 5.17. The van der Waals surface area contributed by atoms with Crippen molar-refractivity contribution in [1.29, 1.82) is 0 Å². The number of anilines is 1. The van der Waals surface area contributed by atoms with Crippen LogP contribution < -0.4 is 10.6 Å². The molecule has 0 aliphatic heterocycles. The minimum Gasteiger partial charge on any atom is -0.395 e. The summed E-state index contributed by atoms with van der Waals surface area (Å²) in [5.74, 6) is 0.504. The second-order valence-corrected chi connectivity index (χ2v) is 3.42. The predicted octanol–water partition coefficient (Wildman–Crippen LogP) is -1.79. The van der Waals surface area contributed by atoms with Crippen LogP contribution in [0.25, 0.3) is 5.65 Å². The van der Waals surface area contributed by atoms with E-state index in [1.807, 2.05) is 0 Å². The molecule has 0 spiro atoms. The second kappa shape index (κ2) is 4.93. The zero-order valence-electron chi connectivity index (χ0n) is 9.07. The number of aromatic amines is 1. The number of nitrogens with zero attached hydrogens (tertiary/aromatic N) is 4. The van der Waals surface area contributed by atoms with Crippen LogP contribution >= 0.6 is 0 Å². The molecule has 2 aromatic rings. The second-order valence-electron chi connectivity index (χ2n) is 3.42. The van der Waals surface area contributed by atoms with Gasteiger partial charge in [-0.05, 0) is 12.1 Å². The highest BCUT2D eigenvalue weighted by Crippen LogP contribution is 2.09. The maximum absolute atomic E-state index is 11.3. The monoisotopic (exact) mass is 239 g/mol. The SMILES string of the molecule is O=c1[nH]nc2ccc(N(CCO)CCO)nn12. The van der Waals surface area contributed by atoms with Crippen LogP contribution in [0.15, 0.2) is 16.9 Å². The Bertz CT molecular complexity index is 543. The molecule has 92 valence electrons. The first kappa shape index (κ1) is 11.6. The van der Waals surface area contributed by atoms with E-state index in [0.29, 0.717) is 24.6 Å². The van der Waals surface area contributed by atoms with Crippen LogP contribution in [0.2, 0.25) is 0 Å². The molecule has 0 unspecified atom stereocenters. The van der Waals surface area contributed by atoms with Crippen molar-refractivity contribution in [3.05, 3.63) is 22.6 Å². The fourth-order valence-corrected chi connectivity index (χ4v) is 1.54. The number of nitrogens with one attached hydrogen (secondary N) is 1. The number of aromatic nitrogens is 4. The average Bonchev–Trinajstić information content (AvgIpc) is 2.71. The van der Waals surface area contributed by atoms with Crippen molar-refractivity contribution in [1.82, 2.24) is 19.8 Å². The summed E-state index contributed by atoms with van der Waals surface area (Å²) in [5, 5.41) is 28.0. The Balaban J connectivity index is 2.38. The van der Waals surface area contributed by atoms with Crippen molar-refractivity contribution in [2.75, 3.05) is 31.2 Å². The van der Waals surface area contributed by atoms with E-state index < -0.39 is 5.69 Å². The van der Waals surface area contributed by atoms with E-state index in [4.69, 9.17) is 10.2 Å². The van der Waals surface area contributed by atoms with Crippen molar-refractivity contribution >= 4 is 11.5 Å². The van der Waals surface area contributed by atoms with E-state index >= 15 is 0 Å². The van der Waals surface area contributed by atoms with E-state index in [9.17, 15) is 4.79 Å². The van der Waals surface area contributed by atoms with Gasteiger partial charge < -0.3 is 15.1 Å². The lowest BCUT2D eigenvalue weighted by molar-refractivity contribution is 0.280. The Kier molecular flexibility index (Phi) is 3.35. The fourth-order valence-electron chi connectivity index (χ4n) is 1.54. The van der Waals surface area contributed by atoms with Crippen LogP contribution in [0, 0.1) is 0 Å². The molecule has 3 N–H and O–H groups in total. The highest BCUT2D eigenvalue weighted by atomic mass is 16.3. The summed E-state index contributed by atoms with van der Waals surface area (Å²) in [6.07, 6.45) is 0. The Labute approximate surface area is 96.1 Å². The van der Waals surface area contributed by atoms with Crippen molar-refractivity contribution in [2.24, 2.45) is 0 Å². The summed E-state index contributed by atoms with van der Waals surface area (Å²) in [6, 6.07) is 3.32. The third kappa shape index (κ3) is 2.27. The summed E-state index contributed by atoms with van der Waals surface area (Å²) in [5.41, 5.74) is 0.00138. The average molecular weight is 239 g/mol. The molecule has 17 heavy (non-hydrogen) atoms. The van der Waals surface area contributed by atoms with Crippen molar-refractivity contribution in [2.45, 2.75) is 0 Å². The van der Waals surface area contributed by atoms with Gasteiger partial charge >= 0.3 is 5.69 Å². The van der Waals surface area contributed by atoms with Gasteiger partial charge in [0, 0.05) is 13.1 Å². The zero-order valence-corrected chi connectivity index (χ0v) is 9.07. The maximum Gasteiger partial charge on any atom is 0.364 e. The molecule has 0 saturated heterocycles. The molecule has 0 amide bonds. The largest absolute Gasteiger partial charge is 0.395 e. The normalized spacial score (nSPS) is 10.9. The van der Waals surface area contributed by atoms with E-state index in [2.05, 4.69) is 15.3 Å². The van der Waals surface area contributed by atoms with Gasteiger partial charge in [-0.3, -0.25) is 0 Å². The summed E-state index contributed by atoms with van der Waals surface area (Å²) in [4.78, 5) is 13.0. The highest BCUT2D eigenvalue weighted by molar-refractivity contribution is 5.44. The number of rotatable bonds is 5. The molecule has 0 saturated carbocycles. The highest BCUT2D eigenvalue weighted by Gasteiger charge is 2.09. The molecule has 8 nitrogen and oxygen atoms in total. The van der Waals surface area contributed by atoms with Crippen LogP contribution in [0.3, 0.4) is 0 Å². The molecule has 0 bridgehead atoms. The van der Waals surface area contributed by atoms with Crippen LogP contribution in [-0.2, 0) is 0 Å². The maximum atomic E-state index is 11.3. The lowest BCUT2D eigenvalue weighted by Gasteiger charge is -2.21. The molecule has 0 aliphatic rings.